The maximum absolute atomic E-state index is 13.2. The average molecular weight is 503 g/mol. The van der Waals surface area contributed by atoms with E-state index < -0.39 is 0 Å². The molecule has 2 aliphatic rings. The van der Waals surface area contributed by atoms with Crippen LogP contribution in [0.15, 0.2) is 72.8 Å². The third-order valence-electron chi connectivity index (χ3n) is 6.98. The van der Waals surface area contributed by atoms with Crippen LogP contribution in [0.25, 0.3) is 0 Å². The van der Waals surface area contributed by atoms with E-state index in [-0.39, 0.29) is 45.6 Å². The van der Waals surface area contributed by atoms with Crippen molar-refractivity contribution in [2.45, 2.75) is 0 Å². The molecule has 0 atom stereocenters. The van der Waals surface area contributed by atoms with E-state index in [9.17, 15) is 19.2 Å². The van der Waals surface area contributed by atoms with Crippen LogP contribution in [0.4, 0.5) is 22.7 Å². The predicted molar refractivity (Wildman–Crippen MR) is 145 cm³/mol. The molecule has 0 fully saturated rings. The number of ketones is 4. The van der Waals surface area contributed by atoms with Gasteiger partial charge in [-0.3, -0.25) is 19.2 Å². The lowest BCUT2D eigenvalue weighted by Crippen LogP contribution is -2.25. The summed E-state index contributed by atoms with van der Waals surface area (Å²) >= 11 is 0. The highest BCUT2D eigenvalue weighted by Gasteiger charge is 2.33. The van der Waals surface area contributed by atoms with Gasteiger partial charge in [0.1, 0.15) is 0 Å². The minimum atomic E-state index is -0.326. The van der Waals surface area contributed by atoms with Gasteiger partial charge in [-0.05, 0) is 12.1 Å². The number of rotatable bonds is 5. The molecule has 0 aliphatic heterocycles. The number of nitrogens with one attached hydrogen (secondary N) is 2. The summed E-state index contributed by atoms with van der Waals surface area (Å²) in [6, 6.07) is 20.0. The quantitative estimate of drug-likeness (QED) is 0.205. The third kappa shape index (κ3) is 3.38. The van der Waals surface area contributed by atoms with Gasteiger partial charge in [-0.15, -0.1) is 0 Å². The maximum atomic E-state index is 13.2. The van der Waals surface area contributed by atoms with Gasteiger partial charge in [0, 0.05) is 52.2 Å². The maximum Gasteiger partial charge on any atom is 0.196 e. The van der Waals surface area contributed by atoms with Crippen LogP contribution in [0.5, 0.6) is 0 Å². The van der Waals surface area contributed by atoms with Crippen LogP contribution >= 0.6 is 0 Å². The van der Waals surface area contributed by atoms with Gasteiger partial charge in [-0.25, -0.2) is 0 Å². The van der Waals surface area contributed by atoms with Gasteiger partial charge in [0.15, 0.2) is 23.1 Å². The fourth-order valence-electron chi connectivity index (χ4n) is 5.18. The van der Waals surface area contributed by atoms with E-state index in [1.165, 1.54) is 6.07 Å². The molecule has 0 bridgehead atoms. The Morgan fingerprint density at radius 2 is 1.03 bits per heavy atom. The monoisotopic (exact) mass is 502 g/mol. The van der Waals surface area contributed by atoms with Crippen LogP contribution in [0.3, 0.4) is 0 Å². The van der Waals surface area contributed by atoms with E-state index in [2.05, 4.69) is 10.6 Å². The first-order valence-electron chi connectivity index (χ1n) is 12.1. The Balaban J connectivity index is 1.23. The molecule has 6 N–H and O–H groups in total. The number of nitrogens with two attached hydrogens (primary N) is 2. The summed E-state index contributed by atoms with van der Waals surface area (Å²) in [6.45, 7) is 0.680. The Labute approximate surface area is 217 Å². The zero-order chi connectivity index (χ0) is 26.6. The molecule has 38 heavy (non-hydrogen) atoms. The summed E-state index contributed by atoms with van der Waals surface area (Å²) in [5, 5.41) is 6.37. The smallest absolute Gasteiger partial charge is 0.196 e. The van der Waals surface area contributed by atoms with E-state index in [1.54, 1.807) is 66.7 Å². The first-order valence-corrected chi connectivity index (χ1v) is 12.1. The molecule has 4 aromatic rings. The van der Waals surface area contributed by atoms with Crippen molar-refractivity contribution in [2.24, 2.45) is 0 Å². The van der Waals surface area contributed by atoms with Crippen LogP contribution < -0.4 is 22.1 Å². The van der Waals surface area contributed by atoms with Gasteiger partial charge < -0.3 is 22.1 Å². The first kappa shape index (κ1) is 23.2. The van der Waals surface area contributed by atoms with Crippen molar-refractivity contribution < 1.29 is 19.2 Å². The lowest BCUT2D eigenvalue weighted by Gasteiger charge is -2.23. The van der Waals surface area contributed by atoms with Gasteiger partial charge >= 0.3 is 0 Å². The number of fused-ring (bicyclic) bond motifs is 4. The van der Waals surface area contributed by atoms with E-state index in [1.807, 2.05) is 0 Å². The summed E-state index contributed by atoms with van der Waals surface area (Å²) < 4.78 is 0. The Kier molecular flexibility index (Phi) is 5.31. The highest BCUT2D eigenvalue weighted by atomic mass is 16.1. The minimum absolute atomic E-state index is 0.113. The molecule has 0 spiro atoms. The second-order valence-corrected chi connectivity index (χ2v) is 9.17. The molecule has 0 radical (unpaired) electrons. The molecule has 0 saturated heterocycles. The molecule has 0 amide bonds. The van der Waals surface area contributed by atoms with Gasteiger partial charge in [0.25, 0.3) is 0 Å². The summed E-state index contributed by atoms with van der Waals surface area (Å²) in [5.74, 6) is -1.02. The second kappa shape index (κ2) is 8.70. The Morgan fingerprint density at radius 1 is 0.526 bits per heavy atom. The van der Waals surface area contributed by atoms with Crippen LogP contribution in [0.2, 0.25) is 0 Å². The van der Waals surface area contributed by atoms with Crippen molar-refractivity contribution in [2.75, 3.05) is 35.2 Å². The third-order valence-corrected chi connectivity index (χ3v) is 6.98. The molecule has 0 unspecified atom stereocenters. The van der Waals surface area contributed by atoms with Crippen LogP contribution in [0.1, 0.15) is 63.7 Å². The zero-order valence-corrected chi connectivity index (χ0v) is 20.1. The fraction of sp³-hybridized carbons (Fsp3) is 0.0667. The highest BCUT2D eigenvalue weighted by Crippen LogP contribution is 2.38. The summed E-state index contributed by atoms with van der Waals surface area (Å²) in [5.41, 5.74) is 16.3. The number of hydrogen-bond acceptors (Lipinski definition) is 8. The van der Waals surface area contributed by atoms with Crippen molar-refractivity contribution in [1.29, 1.82) is 0 Å². The number of anilines is 4. The zero-order valence-electron chi connectivity index (χ0n) is 20.1. The average Bonchev–Trinajstić information content (AvgIpc) is 2.93. The Morgan fingerprint density at radius 3 is 1.66 bits per heavy atom. The van der Waals surface area contributed by atoms with Gasteiger partial charge in [-0.1, -0.05) is 60.7 Å². The minimum Gasteiger partial charge on any atom is -0.397 e. The molecule has 0 saturated carbocycles. The molecule has 0 heterocycles. The largest absolute Gasteiger partial charge is 0.397 e. The van der Waals surface area contributed by atoms with E-state index >= 15 is 0 Å². The van der Waals surface area contributed by atoms with Crippen LogP contribution in [-0.2, 0) is 0 Å². The highest BCUT2D eigenvalue weighted by molar-refractivity contribution is 6.31. The second-order valence-electron chi connectivity index (χ2n) is 9.17. The van der Waals surface area contributed by atoms with E-state index in [0.717, 1.165) is 0 Å². The molecular formula is C30H22N4O4. The number of hydrogen-bond donors (Lipinski definition) is 4. The number of carbonyl (C=O) groups excluding carboxylic acids is 4. The molecule has 8 nitrogen and oxygen atoms in total. The topological polar surface area (TPSA) is 144 Å². The van der Waals surface area contributed by atoms with Crippen LogP contribution in [0, 0.1) is 0 Å². The standard InChI is InChI=1S/C30H22N4O4/c31-21-14-20-24(30(38)18-9-4-2-7-16(18)28(20)36)25(32)26(21)34-13-12-33-22-11-5-10-19-23(22)29(37)17-8-3-1-6-15(17)27(19)35/h1-11,14,33-34H,12-13,31-32H2. The molecule has 0 aromatic heterocycles. The van der Waals surface area contributed by atoms with Crippen molar-refractivity contribution in [1.82, 2.24) is 0 Å². The van der Waals surface area contributed by atoms with E-state index in [0.29, 0.717) is 57.8 Å². The first-order chi connectivity index (χ1) is 18.4. The number of benzene rings is 4. The Bertz CT molecular complexity index is 1720. The fourth-order valence-corrected chi connectivity index (χ4v) is 5.18. The summed E-state index contributed by atoms with van der Waals surface area (Å²) in [6.07, 6.45) is 0. The van der Waals surface area contributed by atoms with Gasteiger partial charge in [-0.2, -0.15) is 0 Å². The molecule has 4 aromatic carbocycles. The lowest BCUT2D eigenvalue weighted by molar-refractivity contribution is 0.0979. The van der Waals surface area contributed by atoms with Crippen LogP contribution in [-0.4, -0.2) is 36.2 Å². The van der Waals surface area contributed by atoms with Crippen molar-refractivity contribution in [3.05, 3.63) is 117 Å². The molecule has 8 heteroatoms. The van der Waals surface area contributed by atoms with Crippen molar-refractivity contribution in [3.63, 3.8) is 0 Å². The van der Waals surface area contributed by atoms with Gasteiger partial charge in [0.05, 0.1) is 28.2 Å². The van der Waals surface area contributed by atoms with Crippen molar-refractivity contribution in [3.8, 4) is 0 Å². The SMILES string of the molecule is Nc1cc2c(c(N)c1NCCNc1cccc3c1C(=O)c1ccccc1C3=O)C(=O)c1ccccc1C2=O. The Hall–Kier alpha value is -5.24. The predicted octanol–water partition coefficient (Wildman–Crippen LogP) is 3.93. The summed E-state index contributed by atoms with van der Waals surface area (Å²) in [4.78, 5) is 52.3. The van der Waals surface area contributed by atoms with Gasteiger partial charge in [0.2, 0.25) is 0 Å². The summed E-state index contributed by atoms with van der Waals surface area (Å²) in [7, 11) is 0. The van der Waals surface area contributed by atoms with E-state index in [4.69, 9.17) is 11.5 Å². The molecule has 2 aliphatic carbocycles. The number of carbonyl (C=O) groups is 4. The number of nitrogen functional groups attached to an aromatic ring is 2. The molecule has 186 valence electrons. The van der Waals surface area contributed by atoms with Crippen molar-refractivity contribution >= 4 is 45.9 Å². The molecule has 6 rings (SSSR count). The normalized spacial score (nSPS) is 13.4. The lowest BCUT2D eigenvalue weighted by atomic mass is 9.82. The molecular weight excluding hydrogens is 480 g/mol.